The fourth-order valence-electron chi connectivity index (χ4n) is 1.11. The summed E-state index contributed by atoms with van der Waals surface area (Å²) in [5.41, 5.74) is 0. The van der Waals surface area contributed by atoms with Crippen LogP contribution in [0.4, 0.5) is 0 Å². The molecule has 0 fully saturated rings. The first kappa shape index (κ1) is 8.11. The number of rotatable bonds is 1. The predicted octanol–water partition coefficient (Wildman–Crippen LogP) is 0.965. The van der Waals surface area contributed by atoms with E-state index < -0.39 is 18.4 Å². The Bertz CT molecular complexity index is 222. The molecule has 0 radical (unpaired) electrons. The van der Waals surface area contributed by atoms with E-state index in [1.54, 1.807) is 0 Å². The number of aromatic nitrogens is 2. The van der Waals surface area contributed by atoms with E-state index in [4.69, 9.17) is 0 Å². The van der Waals surface area contributed by atoms with Crippen LogP contribution in [0.2, 0.25) is 14.8 Å². The summed E-state index contributed by atoms with van der Waals surface area (Å²) < 4.78 is 3.49. The minimum absolute atomic E-state index is 1.48. The third kappa shape index (κ3) is 1.54. The zero-order valence-electron chi connectivity index (χ0n) is 7.05. The van der Waals surface area contributed by atoms with Crippen molar-refractivity contribution in [2.24, 2.45) is 7.05 Å². The zero-order chi connectivity index (χ0) is 7.78. The summed E-state index contributed by atoms with van der Waals surface area (Å²) in [5, 5.41) is 4.15. The normalized spacial score (nSPS) is 12.0. The molecule has 0 unspecified atom stereocenters. The molecule has 0 amide bonds. The van der Waals surface area contributed by atoms with Gasteiger partial charge in [0.05, 0.1) is 0 Å². The molecule has 1 heterocycles. The van der Waals surface area contributed by atoms with Crippen LogP contribution in [0.25, 0.3) is 0 Å². The molecule has 0 atom stereocenters. The summed E-state index contributed by atoms with van der Waals surface area (Å²) >= 11 is -1.81. The molecular formula is C7H14N2Sn. The summed E-state index contributed by atoms with van der Waals surface area (Å²) in [6.45, 7) is 0. The van der Waals surface area contributed by atoms with E-state index in [0.717, 1.165) is 0 Å². The Balaban J connectivity index is 3.05. The Morgan fingerprint density at radius 1 is 1.40 bits per heavy atom. The molecule has 0 aromatic carbocycles. The molecule has 10 heavy (non-hydrogen) atoms. The Labute approximate surface area is 66.1 Å². The van der Waals surface area contributed by atoms with Gasteiger partial charge in [-0.3, -0.25) is 0 Å². The monoisotopic (exact) mass is 246 g/mol. The zero-order valence-corrected chi connectivity index (χ0v) is 9.90. The molecule has 0 saturated carbocycles. The van der Waals surface area contributed by atoms with Gasteiger partial charge in [-0.1, -0.05) is 0 Å². The van der Waals surface area contributed by atoms with Crippen molar-refractivity contribution in [1.29, 1.82) is 0 Å². The van der Waals surface area contributed by atoms with Crippen molar-refractivity contribution in [2.75, 3.05) is 0 Å². The van der Waals surface area contributed by atoms with Gasteiger partial charge in [-0.15, -0.1) is 0 Å². The Kier molecular flexibility index (Phi) is 2.08. The van der Waals surface area contributed by atoms with Gasteiger partial charge in [-0.25, -0.2) is 0 Å². The Morgan fingerprint density at radius 3 is 2.20 bits per heavy atom. The van der Waals surface area contributed by atoms with Crippen LogP contribution in [0.15, 0.2) is 12.3 Å². The first-order valence-electron chi connectivity index (χ1n) is 3.50. The van der Waals surface area contributed by atoms with Crippen LogP contribution < -0.4 is 3.71 Å². The van der Waals surface area contributed by atoms with Gasteiger partial charge in [0.25, 0.3) is 0 Å². The summed E-state index contributed by atoms with van der Waals surface area (Å²) in [5.74, 6) is 0. The van der Waals surface area contributed by atoms with Gasteiger partial charge in [0.15, 0.2) is 0 Å². The maximum absolute atomic E-state index is 4.15. The molecule has 56 valence electrons. The third-order valence-electron chi connectivity index (χ3n) is 1.59. The first-order chi connectivity index (χ1) is 4.52. The second kappa shape index (κ2) is 2.57. The molecule has 0 spiro atoms. The van der Waals surface area contributed by atoms with Crippen LogP contribution in [0.1, 0.15) is 0 Å². The second-order valence-corrected chi connectivity index (χ2v) is 17.9. The van der Waals surface area contributed by atoms with E-state index in [9.17, 15) is 0 Å². The molecule has 0 aliphatic carbocycles. The van der Waals surface area contributed by atoms with Gasteiger partial charge in [-0.05, 0) is 0 Å². The Morgan fingerprint density at radius 2 is 2.00 bits per heavy atom. The molecule has 1 aromatic rings. The van der Waals surface area contributed by atoms with Crippen molar-refractivity contribution >= 4 is 22.1 Å². The average molecular weight is 245 g/mol. The SMILES string of the molecule is Cn1ncc[c]1[Sn]([CH3])([CH3])[CH3]. The van der Waals surface area contributed by atoms with E-state index in [0.29, 0.717) is 0 Å². The maximum atomic E-state index is 4.15. The van der Waals surface area contributed by atoms with E-state index in [2.05, 4.69) is 26.0 Å². The second-order valence-electron chi connectivity index (χ2n) is 3.59. The van der Waals surface area contributed by atoms with Crippen molar-refractivity contribution in [3.8, 4) is 0 Å². The number of aryl methyl sites for hydroxylation is 1. The number of hydrogen-bond acceptors (Lipinski definition) is 1. The van der Waals surface area contributed by atoms with Crippen LogP contribution in [0.5, 0.6) is 0 Å². The van der Waals surface area contributed by atoms with Gasteiger partial charge in [0.2, 0.25) is 0 Å². The molecule has 0 bridgehead atoms. The number of hydrogen-bond donors (Lipinski definition) is 0. The molecular weight excluding hydrogens is 231 g/mol. The van der Waals surface area contributed by atoms with Gasteiger partial charge in [0, 0.05) is 0 Å². The van der Waals surface area contributed by atoms with Crippen molar-refractivity contribution in [3.63, 3.8) is 0 Å². The van der Waals surface area contributed by atoms with Crippen LogP contribution in [0, 0.1) is 0 Å². The van der Waals surface area contributed by atoms with Crippen LogP contribution in [0.3, 0.4) is 0 Å². The van der Waals surface area contributed by atoms with E-state index >= 15 is 0 Å². The van der Waals surface area contributed by atoms with Gasteiger partial charge in [0.1, 0.15) is 0 Å². The van der Waals surface area contributed by atoms with Crippen LogP contribution in [-0.2, 0) is 7.05 Å². The fraction of sp³-hybridized carbons (Fsp3) is 0.571. The quantitative estimate of drug-likeness (QED) is 0.674. The molecule has 0 aliphatic heterocycles. The minimum atomic E-state index is -1.81. The Hall–Kier alpha value is 0.00870. The van der Waals surface area contributed by atoms with Crippen LogP contribution >= 0.6 is 0 Å². The van der Waals surface area contributed by atoms with Gasteiger partial charge < -0.3 is 0 Å². The molecule has 1 aromatic heterocycles. The summed E-state index contributed by atoms with van der Waals surface area (Å²) in [6.07, 6.45) is 1.89. The summed E-state index contributed by atoms with van der Waals surface area (Å²) in [6, 6.07) is 2.15. The van der Waals surface area contributed by atoms with Gasteiger partial charge in [-0.2, -0.15) is 0 Å². The van der Waals surface area contributed by atoms with E-state index in [1.165, 1.54) is 3.71 Å². The van der Waals surface area contributed by atoms with Crippen LogP contribution in [-0.4, -0.2) is 28.2 Å². The molecule has 3 heteroatoms. The van der Waals surface area contributed by atoms with E-state index in [1.807, 2.05) is 17.9 Å². The molecule has 0 aliphatic rings. The molecule has 2 nitrogen and oxygen atoms in total. The fourth-order valence-corrected chi connectivity index (χ4v) is 5.68. The van der Waals surface area contributed by atoms with Crippen molar-refractivity contribution < 1.29 is 0 Å². The van der Waals surface area contributed by atoms with Crippen molar-refractivity contribution in [3.05, 3.63) is 12.3 Å². The van der Waals surface area contributed by atoms with E-state index in [-0.39, 0.29) is 0 Å². The first-order valence-corrected chi connectivity index (χ1v) is 13.5. The van der Waals surface area contributed by atoms with Crippen molar-refractivity contribution in [1.82, 2.24) is 9.78 Å². The third-order valence-corrected chi connectivity index (χ3v) is 7.37. The topological polar surface area (TPSA) is 17.8 Å². The molecule has 0 N–H and O–H groups in total. The summed E-state index contributed by atoms with van der Waals surface area (Å²) in [7, 11) is 2.03. The summed E-state index contributed by atoms with van der Waals surface area (Å²) in [4.78, 5) is 7.18. The van der Waals surface area contributed by atoms with Crippen molar-refractivity contribution in [2.45, 2.75) is 14.8 Å². The predicted molar refractivity (Wildman–Crippen MR) is 46.2 cm³/mol. The molecule has 1 rings (SSSR count). The molecule has 0 saturated heterocycles. The standard InChI is InChI=1S/C4H5N2.3CH3.Sn/c1-6-4-2-3-5-6;;;;/h2-3H,1H3;3*1H3;. The average Bonchev–Trinajstić information content (AvgIpc) is 2.11. The number of nitrogens with zero attached hydrogens (tertiary/aromatic N) is 2. The van der Waals surface area contributed by atoms with Gasteiger partial charge >= 0.3 is 66.0 Å².